The molecule has 0 fully saturated rings. The molecule has 0 radical (unpaired) electrons. The third-order valence-electron chi connectivity index (χ3n) is 0. The molecular formula is C6H11O7Pm. The van der Waals surface area contributed by atoms with E-state index in [0.29, 0.717) is 0 Å². The van der Waals surface area contributed by atoms with Gasteiger partial charge in [-0.25, -0.2) is 0 Å². The minimum absolute atomic E-state index is 0. The predicted octanol–water partition coefficient (Wildman–Crippen LogP) is -4.56. The zero-order valence-electron chi connectivity index (χ0n) is 7.90. The van der Waals surface area contributed by atoms with Gasteiger partial charge in [0.2, 0.25) is 0 Å². The first-order valence-corrected chi connectivity index (χ1v) is 2.72. The maximum Gasteiger partial charge on any atom is 3.00 e. The van der Waals surface area contributed by atoms with Crippen LogP contribution in [0.1, 0.15) is 20.8 Å². The molecule has 0 aromatic rings. The molecule has 0 aliphatic rings. The molecule has 2 N–H and O–H groups in total. The first kappa shape index (κ1) is 29.2. The normalized spacial score (nSPS) is 5.36. The standard InChI is InChI=1S/3C2H4O2.H2O.Pm/c3*1-2(3)4;;/h3*1H3,(H,3,4);1H2;/q;;;;+3/p-3. The third-order valence-corrected chi connectivity index (χ3v) is 0. The molecule has 0 unspecified atom stereocenters. The first-order valence-electron chi connectivity index (χ1n) is 2.72. The Balaban J connectivity index is -0.0000000270. The summed E-state index contributed by atoms with van der Waals surface area (Å²) in [7, 11) is 0. The fourth-order valence-electron chi connectivity index (χ4n) is 0. The fraction of sp³-hybridized carbons (Fsp3) is 0.500. The number of aliphatic carboxylic acids is 3. The van der Waals surface area contributed by atoms with Crippen molar-refractivity contribution in [3.8, 4) is 0 Å². The van der Waals surface area contributed by atoms with Crippen LogP contribution < -0.4 is 15.3 Å². The van der Waals surface area contributed by atoms with Gasteiger partial charge in [-0.05, 0) is 20.8 Å². The molecule has 0 rings (SSSR count). The SMILES string of the molecule is CC(=O)[O-].CC(=O)[O-].CC(=O)[O-].O.[Pm+3]. The molecule has 0 aliphatic heterocycles. The van der Waals surface area contributed by atoms with E-state index in [2.05, 4.69) is 0 Å². The van der Waals surface area contributed by atoms with E-state index < -0.39 is 17.9 Å². The number of carboxylic acids is 3. The van der Waals surface area contributed by atoms with E-state index >= 15 is 0 Å². The van der Waals surface area contributed by atoms with Crippen LogP contribution >= 0.6 is 0 Å². The average molecular weight is 340 g/mol. The molecule has 14 heavy (non-hydrogen) atoms. The summed E-state index contributed by atoms with van der Waals surface area (Å²) in [6.07, 6.45) is 0. The Bertz CT molecular complexity index is 116. The van der Waals surface area contributed by atoms with Crippen LogP contribution in [-0.2, 0) is 14.4 Å². The van der Waals surface area contributed by atoms with E-state index in [4.69, 9.17) is 29.7 Å². The number of hydrogen-bond donors (Lipinski definition) is 0. The Morgan fingerprint density at radius 2 is 0.714 bits per heavy atom. The molecule has 7 nitrogen and oxygen atoms in total. The van der Waals surface area contributed by atoms with Gasteiger partial charge < -0.3 is 35.2 Å². The molecule has 0 atom stereocenters. The molecule has 0 spiro atoms. The first-order chi connectivity index (χ1) is 5.20. The van der Waals surface area contributed by atoms with E-state index in [1.165, 1.54) is 0 Å². The maximum atomic E-state index is 8.89. The molecule has 0 aromatic carbocycles. The van der Waals surface area contributed by atoms with Crippen molar-refractivity contribution in [1.82, 2.24) is 0 Å². The largest absolute Gasteiger partial charge is 3.00 e. The summed E-state index contributed by atoms with van der Waals surface area (Å²) in [4.78, 5) is 26.7. The van der Waals surface area contributed by atoms with Crippen molar-refractivity contribution in [2.24, 2.45) is 0 Å². The second-order valence-electron chi connectivity index (χ2n) is 1.47. The van der Waals surface area contributed by atoms with Crippen molar-refractivity contribution in [2.75, 3.05) is 0 Å². The second kappa shape index (κ2) is 23.0. The van der Waals surface area contributed by atoms with Gasteiger partial charge in [0.15, 0.2) is 0 Å². The van der Waals surface area contributed by atoms with Crippen LogP contribution in [0.3, 0.4) is 0 Å². The van der Waals surface area contributed by atoms with Crippen LogP contribution in [0, 0.1) is 40.4 Å². The van der Waals surface area contributed by atoms with E-state index in [-0.39, 0.29) is 45.9 Å². The minimum Gasteiger partial charge on any atom is -0.550 e. The zero-order chi connectivity index (χ0) is 10.7. The van der Waals surface area contributed by atoms with E-state index in [9.17, 15) is 0 Å². The zero-order valence-corrected chi connectivity index (χ0v) is 10.8. The van der Waals surface area contributed by atoms with Gasteiger partial charge in [-0.15, -0.1) is 0 Å². The molecule has 8 heteroatoms. The summed E-state index contributed by atoms with van der Waals surface area (Å²) < 4.78 is 0. The topological polar surface area (TPSA) is 152 Å². The minimum atomic E-state index is -1.08. The van der Waals surface area contributed by atoms with E-state index in [1.54, 1.807) is 0 Å². The van der Waals surface area contributed by atoms with Crippen molar-refractivity contribution in [3.05, 3.63) is 0 Å². The van der Waals surface area contributed by atoms with Crippen LogP contribution in [0.4, 0.5) is 0 Å². The van der Waals surface area contributed by atoms with Crippen LogP contribution in [0.15, 0.2) is 0 Å². The van der Waals surface area contributed by atoms with E-state index in [0.717, 1.165) is 20.8 Å². The van der Waals surface area contributed by atoms with Crippen LogP contribution in [0.2, 0.25) is 0 Å². The van der Waals surface area contributed by atoms with Gasteiger partial charge in [-0.2, -0.15) is 0 Å². The Morgan fingerprint density at radius 1 is 0.714 bits per heavy atom. The molecule has 82 valence electrons. The van der Waals surface area contributed by atoms with Crippen LogP contribution in [-0.4, -0.2) is 23.4 Å². The number of carbonyl (C=O) groups is 3. The summed E-state index contributed by atoms with van der Waals surface area (Å²) in [5.74, 6) is -3.25. The summed E-state index contributed by atoms with van der Waals surface area (Å²) in [5, 5.41) is 26.7. The Kier molecular flexibility index (Phi) is 47.9. The van der Waals surface area contributed by atoms with Gasteiger partial charge in [0.25, 0.3) is 0 Å². The van der Waals surface area contributed by atoms with Gasteiger partial charge >= 0.3 is 40.4 Å². The Hall–Kier alpha value is -0.292. The molecule has 0 amide bonds. The molecule has 0 heterocycles. The Morgan fingerprint density at radius 3 is 0.714 bits per heavy atom. The number of rotatable bonds is 0. The van der Waals surface area contributed by atoms with Crippen molar-refractivity contribution in [2.45, 2.75) is 20.8 Å². The van der Waals surface area contributed by atoms with Crippen LogP contribution in [0.5, 0.6) is 0 Å². The second-order valence-corrected chi connectivity index (χ2v) is 1.47. The van der Waals surface area contributed by atoms with E-state index in [1.807, 2.05) is 0 Å². The number of hydrogen-bond acceptors (Lipinski definition) is 6. The summed E-state index contributed by atoms with van der Waals surface area (Å²) in [5.41, 5.74) is 0. The van der Waals surface area contributed by atoms with Gasteiger partial charge in [0, 0.05) is 17.9 Å². The average Bonchev–Trinajstić information content (AvgIpc) is 1.54. The van der Waals surface area contributed by atoms with Gasteiger partial charge in [-0.1, -0.05) is 0 Å². The third kappa shape index (κ3) is 15700. The molecular weight excluding hydrogens is 329 g/mol. The van der Waals surface area contributed by atoms with Crippen molar-refractivity contribution >= 4 is 17.9 Å². The molecule has 0 aromatic heterocycles. The monoisotopic (exact) mass is 340 g/mol. The van der Waals surface area contributed by atoms with Gasteiger partial charge in [-0.3, -0.25) is 0 Å². The van der Waals surface area contributed by atoms with Crippen LogP contribution in [0.25, 0.3) is 0 Å². The summed E-state index contributed by atoms with van der Waals surface area (Å²) in [6, 6.07) is 0. The number of carboxylic acid groups (broad SMARTS) is 3. The molecule has 0 saturated heterocycles. The van der Waals surface area contributed by atoms with Crippen molar-refractivity contribution in [1.29, 1.82) is 0 Å². The Labute approximate surface area is 114 Å². The predicted molar refractivity (Wildman–Crippen MR) is 35.7 cm³/mol. The summed E-state index contributed by atoms with van der Waals surface area (Å²) >= 11 is 0. The van der Waals surface area contributed by atoms with Gasteiger partial charge in [0.1, 0.15) is 0 Å². The molecule has 0 bridgehead atoms. The molecule has 0 saturated carbocycles. The maximum absolute atomic E-state index is 8.89. The van der Waals surface area contributed by atoms with Crippen molar-refractivity contribution < 1.29 is 75.6 Å². The van der Waals surface area contributed by atoms with Crippen molar-refractivity contribution in [3.63, 3.8) is 0 Å². The number of carbonyl (C=O) groups excluding carboxylic acids is 3. The fourth-order valence-corrected chi connectivity index (χ4v) is 0. The molecule has 0 aliphatic carbocycles. The quantitative estimate of drug-likeness (QED) is 0.433. The smallest absolute Gasteiger partial charge is 0.550 e. The van der Waals surface area contributed by atoms with Gasteiger partial charge in [0.05, 0.1) is 0 Å². The summed E-state index contributed by atoms with van der Waals surface area (Å²) in [6.45, 7) is 2.92.